The highest BCUT2D eigenvalue weighted by Crippen LogP contribution is 2.19. The molecule has 0 amide bonds. The highest BCUT2D eigenvalue weighted by atomic mass is 16.6. The molecular weight excluding hydrogens is 304 g/mol. The van der Waals surface area contributed by atoms with Gasteiger partial charge in [-0.05, 0) is 56.5 Å². The molecule has 0 aliphatic carbocycles. The van der Waals surface area contributed by atoms with Gasteiger partial charge in [-0.3, -0.25) is 4.98 Å². The molecule has 6 nitrogen and oxygen atoms in total. The fourth-order valence-corrected chi connectivity index (χ4v) is 1.97. The maximum absolute atomic E-state index is 9.12. The lowest BCUT2D eigenvalue weighted by molar-refractivity contribution is 0.130. The number of pyridine rings is 1. The van der Waals surface area contributed by atoms with E-state index in [1.54, 1.807) is 30.5 Å². The first-order valence-corrected chi connectivity index (χ1v) is 7.41. The average molecular weight is 322 g/mol. The van der Waals surface area contributed by atoms with Crippen LogP contribution in [0, 0.1) is 11.3 Å². The normalized spacial score (nSPS) is 11.0. The Morgan fingerprint density at radius 3 is 2.79 bits per heavy atom. The predicted molar refractivity (Wildman–Crippen MR) is 92.0 cm³/mol. The van der Waals surface area contributed by atoms with Crippen LogP contribution in [0.5, 0.6) is 5.75 Å². The minimum atomic E-state index is 0.0199. The molecule has 1 aromatic carbocycles. The maximum Gasteiger partial charge on any atom is 0.216 e. The van der Waals surface area contributed by atoms with E-state index in [2.05, 4.69) is 27.9 Å². The third kappa shape index (κ3) is 4.92. The van der Waals surface area contributed by atoms with Crippen molar-refractivity contribution in [1.82, 2.24) is 4.98 Å². The molecule has 0 bridgehead atoms. The summed E-state index contributed by atoms with van der Waals surface area (Å²) in [6, 6.07) is 12.7. The Morgan fingerprint density at radius 1 is 1.33 bits per heavy atom. The van der Waals surface area contributed by atoms with E-state index in [1.807, 2.05) is 26.0 Å². The quantitative estimate of drug-likeness (QED) is 0.464. The molecule has 0 saturated heterocycles. The van der Waals surface area contributed by atoms with Gasteiger partial charge >= 0.3 is 0 Å². The first kappa shape index (κ1) is 17.2. The van der Waals surface area contributed by atoms with Gasteiger partial charge in [0.05, 0.1) is 17.7 Å². The highest BCUT2D eigenvalue weighted by molar-refractivity contribution is 5.99. The van der Waals surface area contributed by atoms with Crippen molar-refractivity contribution >= 4 is 12.6 Å². The zero-order chi connectivity index (χ0) is 17.4. The minimum Gasteiger partial charge on any atom is -0.491 e. The molecule has 1 heterocycles. The van der Waals surface area contributed by atoms with E-state index in [9.17, 15) is 0 Å². The van der Waals surface area contributed by atoms with Crippen LogP contribution in [0.2, 0.25) is 0 Å². The lowest BCUT2D eigenvalue weighted by atomic mass is 10.1. The van der Waals surface area contributed by atoms with E-state index in [0.717, 1.165) is 5.56 Å². The van der Waals surface area contributed by atoms with Crippen LogP contribution in [0.1, 0.15) is 30.7 Å². The second-order valence-corrected chi connectivity index (χ2v) is 5.21. The summed E-state index contributed by atoms with van der Waals surface area (Å²) in [6.45, 7) is 7.50. The molecule has 0 fully saturated rings. The largest absolute Gasteiger partial charge is 0.491 e. The van der Waals surface area contributed by atoms with Crippen molar-refractivity contribution in [2.24, 2.45) is 10.1 Å². The SMILES string of the molecule is C=N/C(=N\OCc1cc(C#N)cc(OC(C)C)c1)c1ccccn1. The smallest absolute Gasteiger partial charge is 0.216 e. The molecular formula is C18H18N4O2. The number of ether oxygens (including phenoxy) is 1. The molecule has 1 aromatic heterocycles. The van der Waals surface area contributed by atoms with Gasteiger partial charge in [-0.25, -0.2) is 4.99 Å². The number of amidine groups is 1. The topological polar surface area (TPSA) is 79.9 Å². The molecule has 122 valence electrons. The second kappa shape index (κ2) is 8.44. The van der Waals surface area contributed by atoms with Gasteiger partial charge in [-0.2, -0.15) is 5.26 Å². The number of oxime groups is 1. The summed E-state index contributed by atoms with van der Waals surface area (Å²) < 4.78 is 5.63. The Hall–Kier alpha value is -3.20. The van der Waals surface area contributed by atoms with Gasteiger partial charge in [0.25, 0.3) is 0 Å². The molecule has 2 rings (SSSR count). The highest BCUT2D eigenvalue weighted by Gasteiger charge is 2.06. The van der Waals surface area contributed by atoms with Gasteiger partial charge in [-0.1, -0.05) is 11.2 Å². The number of hydrogen-bond acceptors (Lipinski definition) is 5. The molecule has 0 atom stereocenters. The van der Waals surface area contributed by atoms with Gasteiger partial charge in [-0.15, -0.1) is 0 Å². The number of nitrogens with zero attached hydrogens (tertiary/aromatic N) is 4. The van der Waals surface area contributed by atoms with Crippen LogP contribution in [0.3, 0.4) is 0 Å². The predicted octanol–water partition coefficient (Wildman–Crippen LogP) is 3.32. The molecule has 2 aromatic rings. The van der Waals surface area contributed by atoms with E-state index in [0.29, 0.717) is 22.8 Å². The van der Waals surface area contributed by atoms with E-state index < -0.39 is 0 Å². The Morgan fingerprint density at radius 2 is 2.17 bits per heavy atom. The van der Waals surface area contributed by atoms with E-state index >= 15 is 0 Å². The van der Waals surface area contributed by atoms with Crippen LogP contribution in [0.4, 0.5) is 0 Å². The number of aromatic nitrogens is 1. The second-order valence-electron chi connectivity index (χ2n) is 5.21. The molecule has 0 spiro atoms. The number of nitriles is 1. The number of aliphatic imine (C=N–C) groups is 1. The Bertz CT molecular complexity index is 764. The fraction of sp³-hybridized carbons (Fsp3) is 0.222. The first-order valence-electron chi connectivity index (χ1n) is 7.41. The summed E-state index contributed by atoms with van der Waals surface area (Å²) in [5.41, 5.74) is 1.85. The zero-order valence-corrected chi connectivity index (χ0v) is 13.6. The third-order valence-electron chi connectivity index (χ3n) is 2.89. The molecule has 0 unspecified atom stereocenters. The average Bonchev–Trinajstić information content (AvgIpc) is 2.58. The van der Waals surface area contributed by atoms with Crippen LogP contribution in [-0.2, 0) is 11.4 Å². The number of rotatable bonds is 6. The fourth-order valence-electron chi connectivity index (χ4n) is 1.97. The molecule has 0 aliphatic heterocycles. The molecule has 0 saturated carbocycles. The molecule has 6 heteroatoms. The van der Waals surface area contributed by atoms with Crippen molar-refractivity contribution in [3.05, 3.63) is 59.4 Å². The molecule has 0 radical (unpaired) electrons. The first-order chi connectivity index (χ1) is 11.6. The monoisotopic (exact) mass is 322 g/mol. The van der Waals surface area contributed by atoms with Crippen LogP contribution < -0.4 is 4.74 Å². The van der Waals surface area contributed by atoms with E-state index in [4.69, 9.17) is 14.8 Å². The summed E-state index contributed by atoms with van der Waals surface area (Å²) in [5.74, 6) is 0.920. The molecule has 0 N–H and O–H groups in total. The van der Waals surface area contributed by atoms with Crippen molar-refractivity contribution < 1.29 is 9.57 Å². The van der Waals surface area contributed by atoms with E-state index in [-0.39, 0.29) is 12.7 Å². The van der Waals surface area contributed by atoms with Crippen molar-refractivity contribution in [2.75, 3.05) is 0 Å². The number of benzene rings is 1. The Balaban J connectivity index is 2.12. The summed E-state index contributed by atoms with van der Waals surface area (Å²) in [7, 11) is 0. The van der Waals surface area contributed by atoms with Gasteiger partial charge in [0.15, 0.2) is 0 Å². The summed E-state index contributed by atoms with van der Waals surface area (Å²) >= 11 is 0. The number of hydrogen-bond donors (Lipinski definition) is 0. The van der Waals surface area contributed by atoms with Gasteiger partial charge < -0.3 is 9.57 Å². The zero-order valence-electron chi connectivity index (χ0n) is 13.6. The van der Waals surface area contributed by atoms with Crippen LogP contribution >= 0.6 is 0 Å². The summed E-state index contributed by atoms with van der Waals surface area (Å²) in [4.78, 5) is 13.3. The van der Waals surface area contributed by atoms with Gasteiger partial charge in [0.2, 0.25) is 5.84 Å². The van der Waals surface area contributed by atoms with Crippen LogP contribution in [0.25, 0.3) is 0 Å². The Labute approximate surface area is 141 Å². The molecule has 24 heavy (non-hydrogen) atoms. The molecule has 0 aliphatic rings. The van der Waals surface area contributed by atoms with Gasteiger partial charge in [0.1, 0.15) is 18.1 Å². The van der Waals surface area contributed by atoms with Crippen molar-refractivity contribution in [2.45, 2.75) is 26.6 Å². The standard InChI is InChI=1S/C18H18N4O2/c1-13(2)24-16-9-14(11-19)8-15(10-16)12-23-22-18(20-3)17-6-4-5-7-21-17/h4-10,13H,3,12H2,1-2H3/b22-18-. The van der Waals surface area contributed by atoms with Crippen molar-refractivity contribution in [3.63, 3.8) is 0 Å². The minimum absolute atomic E-state index is 0.0199. The maximum atomic E-state index is 9.12. The lowest BCUT2D eigenvalue weighted by Crippen LogP contribution is -2.06. The lowest BCUT2D eigenvalue weighted by Gasteiger charge is -2.11. The van der Waals surface area contributed by atoms with Crippen molar-refractivity contribution in [1.29, 1.82) is 5.26 Å². The van der Waals surface area contributed by atoms with Crippen LogP contribution in [0.15, 0.2) is 52.7 Å². The third-order valence-corrected chi connectivity index (χ3v) is 2.89. The van der Waals surface area contributed by atoms with E-state index in [1.165, 1.54) is 0 Å². The van der Waals surface area contributed by atoms with Gasteiger partial charge in [0, 0.05) is 6.20 Å². The summed E-state index contributed by atoms with van der Waals surface area (Å²) in [6.07, 6.45) is 1.66. The van der Waals surface area contributed by atoms with Crippen molar-refractivity contribution in [3.8, 4) is 11.8 Å². The van der Waals surface area contributed by atoms with Crippen LogP contribution in [-0.4, -0.2) is 23.6 Å². The Kier molecular flexibility index (Phi) is 6.03. The summed E-state index contributed by atoms with van der Waals surface area (Å²) in [5, 5.41) is 13.1.